The second-order valence-electron chi connectivity index (χ2n) is 5.37. The van der Waals surface area contributed by atoms with Gasteiger partial charge in [-0.3, -0.25) is 4.79 Å². The lowest BCUT2D eigenvalue weighted by molar-refractivity contribution is 0.0991. The molecule has 0 saturated heterocycles. The van der Waals surface area contributed by atoms with E-state index in [4.69, 9.17) is 14.2 Å². The molecular formula is C18H17BrO4. The van der Waals surface area contributed by atoms with Gasteiger partial charge in [0.05, 0.1) is 25.8 Å². The summed E-state index contributed by atoms with van der Waals surface area (Å²) >= 11 is 3.51. The highest BCUT2D eigenvalue weighted by atomic mass is 79.9. The number of fused-ring (bicyclic) bond motifs is 1. The molecule has 23 heavy (non-hydrogen) atoms. The van der Waals surface area contributed by atoms with Gasteiger partial charge in [-0.1, -0.05) is 6.07 Å². The molecular weight excluding hydrogens is 360 g/mol. The Morgan fingerprint density at radius 1 is 0.957 bits per heavy atom. The quantitative estimate of drug-likeness (QED) is 0.802. The van der Waals surface area contributed by atoms with Crippen molar-refractivity contribution in [2.75, 3.05) is 21.3 Å². The molecule has 1 aliphatic carbocycles. The highest BCUT2D eigenvalue weighted by Crippen LogP contribution is 2.44. The van der Waals surface area contributed by atoms with Crippen molar-refractivity contribution >= 4 is 21.7 Å². The highest BCUT2D eigenvalue weighted by molar-refractivity contribution is 9.10. The summed E-state index contributed by atoms with van der Waals surface area (Å²) in [7, 11) is 4.80. The van der Waals surface area contributed by atoms with Crippen molar-refractivity contribution in [2.45, 2.75) is 12.3 Å². The molecule has 0 spiro atoms. The van der Waals surface area contributed by atoms with Crippen molar-refractivity contribution in [3.05, 3.63) is 51.5 Å². The minimum Gasteiger partial charge on any atom is -0.496 e. The lowest BCUT2D eigenvalue weighted by Crippen LogP contribution is -1.99. The van der Waals surface area contributed by atoms with Gasteiger partial charge in [0.2, 0.25) is 0 Å². The van der Waals surface area contributed by atoms with Gasteiger partial charge >= 0.3 is 0 Å². The third kappa shape index (κ3) is 2.70. The lowest BCUT2D eigenvalue weighted by Gasteiger charge is -2.15. The summed E-state index contributed by atoms with van der Waals surface area (Å²) in [6.07, 6.45) is 0.449. The van der Waals surface area contributed by atoms with Gasteiger partial charge in [0.1, 0.15) is 5.75 Å². The van der Waals surface area contributed by atoms with Gasteiger partial charge < -0.3 is 14.2 Å². The SMILES string of the molecule is COc1ccc(C2CC(=O)c3cc(OC)c(OC)cc32)cc1Br. The Kier molecular flexibility index (Phi) is 4.31. The summed E-state index contributed by atoms with van der Waals surface area (Å²) < 4.78 is 16.8. The molecule has 2 aromatic carbocycles. The highest BCUT2D eigenvalue weighted by Gasteiger charge is 2.32. The molecule has 1 atom stereocenters. The van der Waals surface area contributed by atoms with E-state index in [1.165, 1.54) is 0 Å². The molecule has 0 fully saturated rings. The fourth-order valence-electron chi connectivity index (χ4n) is 3.03. The zero-order valence-corrected chi connectivity index (χ0v) is 14.8. The Labute approximate surface area is 143 Å². The van der Waals surface area contributed by atoms with Crippen molar-refractivity contribution in [1.29, 1.82) is 0 Å². The molecule has 3 rings (SSSR count). The number of halogens is 1. The monoisotopic (exact) mass is 376 g/mol. The van der Waals surface area contributed by atoms with Crippen molar-refractivity contribution < 1.29 is 19.0 Å². The van der Waals surface area contributed by atoms with Gasteiger partial charge in [-0.2, -0.15) is 0 Å². The summed E-state index contributed by atoms with van der Waals surface area (Å²) in [4.78, 5) is 12.4. The minimum absolute atomic E-state index is 0.0134. The molecule has 1 unspecified atom stereocenters. The standard InChI is InChI=1S/C18H17BrO4/c1-21-16-5-4-10(6-14(16)19)11-7-15(20)13-9-18(23-3)17(22-2)8-12(11)13/h4-6,8-9,11H,7H2,1-3H3. The van der Waals surface area contributed by atoms with Crippen LogP contribution in [-0.2, 0) is 0 Å². The van der Waals surface area contributed by atoms with Crippen LogP contribution in [0.1, 0.15) is 33.8 Å². The van der Waals surface area contributed by atoms with E-state index in [0.717, 1.165) is 21.3 Å². The van der Waals surface area contributed by atoms with Crippen LogP contribution in [-0.4, -0.2) is 27.1 Å². The summed E-state index contributed by atoms with van der Waals surface area (Å²) in [5.74, 6) is 2.12. The Morgan fingerprint density at radius 3 is 2.22 bits per heavy atom. The van der Waals surface area contributed by atoms with Gasteiger partial charge in [-0.25, -0.2) is 0 Å². The zero-order valence-electron chi connectivity index (χ0n) is 13.2. The molecule has 120 valence electrons. The van der Waals surface area contributed by atoms with Gasteiger partial charge in [0, 0.05) is 17.9 Å². The number of carbonyl (C=O) groups is 1. The second-order valence-corrected chi connectivity index (χ2v) is 6.22. The summed E-state index contributed by atoms with van der Waals surface area (Å²) in [5.41, 5.74) is 2.75. The van der Waals surface area contributed by atoms with E-state index >= 15 is 0 Å². The molecule has 0 saturated carbocycles. The maximum absolute atomic E-state index is 12.4. The van der Waals surface area contributed by atoms with E-state index in [1.807, 2.05) is 24.3 Å². The third-order valence-electron chi connectivity index (χ3n) is 4.20. The number of ether oxygens (including phenoxy) is 3. The predicted octanol–water partition coefficient (Wildman–Crippen LogP) is 4.19. The number of rotatable bonds is 4. The van der Waals surface area contributed by atoms with Crippen LogP contribution >= 0.6 is 15.9 Å². The van der Waals surface area contributed by atoms with Crippen LogP contribution in [0.3, 0.4) is 0 Å². The predicted molar refractivity (Wildman–Crippen MR) is 91.0 cm³/mol. The molecule has 5 heteroatoms. The molecule has 0 radical (unpaired) electrons. The Balaban J connectivity index is 2.09. The Bertz CT molecular complexity index is 770. The molecule has 0 aromatic heterocycles. The normalized spacial score (nSPS) is 16.2. The molecule has 0 N–H and O–H groups in total. The lowest BCUT2D eigenvalue weighted by atomic mass is 9.92. The molecule has 0 aliphatic heterocycles. The fraction of sp³-hybridized carbons (Fsp3) is 0.278. The number of hydrogen-bond donors (Lipinski definition) is 0. The maximum Gasteiger partial charge on any atom is 0.164 e. The van der Waals surface area contributed by atoms with E-state index in [0.29, 0.717) is 23.5 Å². The molecule has 0 amide bonds. The molecule has 2 aromatic rings. The van der Waals surface area contributed by atoms with Crippen molar-refractivity contribution in [1.82, 2.24) is 0 Å². The first-order chi connectivity index (χ1) is 11.1. The number of Topliss-reactive ketones (excluding diaryl/α,β-unsaturated/α-hetero) is 1. The van der Waals surface area contributed by atoms with Gasteiger partial charge in [-0.15, -0.1) is 0 Å². The van der Waals surface area contributed by atoms with Crippen molar-refractivity contribution in [3.8, 4) is 17.2 Å². The fourth-order valence-corrected chi connectivity index (χ4v) is 3.58. The van der Waals surface area contributed by atoms with E-state index in [1.54, 1.807) is 27.4 Å². The number of methoxy groups -OCH3 is 3. The van der Waals surface area contributed by atoms with Crippen LogP contribution in [0.5, 0.6) is 17.2 Å². The number of carbonyl (C=O) groups excluding carboxylic acids is 1. The van der Waals surface area contributed by atoms with Crippen molar-refractivity contribution in [2.24, 2.45) is 0 Å². The van der Waals surface area contributed by atoms with Gasteiger partial charge in [0.15, 0.2) is 17.3 Å². The van der Waals surface area contributed by atoms with Crippen LogP contribution in [0.2, 0.25) is 0 Å². The van der Waals surface area contributed by atoms with Crippen LogP contribution < -0.4 is 14.2 Å². The number of benzene rings is 2. The number of ketones is 1. The smallest absolute Gasteiger partial charge is 0.164 e. The topological polar surface area (TPSA) is 44.8 Å². The molecule has 1 aliphatic rings. The molecule has 0 bridgehead atoms. The number of hydrogen-bond acceptors (Lipinski definition) is 4. The maximum atomic E-state index is 12.4. The summed E-state index contributed by atoms with van der Waals surface area (Å²) in [6, 6.07) is 9.58. The average molecular weight is 377 g/mol. The van der Waals surface area contributed by atoms with Crippen molar-refractivity contribution in [3.63, 3.8) is 0 Å². The Hall–Kier alpha value is -2.01. The zero-order chi connectivity index (χ0) is 16.6. The van der Waals surface area contributed by atoms with Gasteiger partial charge in [0.25, 0.3) is 0 Å². The summed E-state index contributed by atoms with van der Waals surface area (Å²) in [6.45, 7) is 0. The van der Waals surface area contributed by atoms with Crippen LogP contribution in [0.4, 0.5) is 0 Å². The average Bonchev–Trinajstić information content (AvgIpc) is 2.89. The molecule has 0 heterocycles. The summed E-state index contributed by atoms with van der Waals surface area (Å²) in [5, 5.41) is 0. The van der Waals surface area contributed by atoms with Crippen LogP contribution in [0, 0.1) is 0 Å². The van der Waals surface area contributed by atoms with Gasteiger partial charge in [-0.05, 0) is 51.3 Å². The largest absolute Gasteiger partial charge is 0.496 e. The van der Waals surface area contributed by atoms with E-state index in [9.17, 15) is 4.79 Å². The first-order valence-electron chi connectivity index (χ1n) is 7.21. The first kappa shape index (κ1) is 15.9. The minimum atomic E-state index is 0.0134. The van der Waals surface area contributed by atoms with Crippen LogP contribution in [0.25, 0.3) is 0 Å². The molecule has 4 nitrogen and oxygen atoms in total. The Morgan fingerprint density at radius 2 is 1.61 bits per heavy atom. The van der Waals surface area contributed by atoms with E-state index in [2.05, 4.69) is 15.9 Å². The third-order valence-corrected chi connectivity index (χ3v) is 4.82. The van der Waals surface area contributed by atoms with E-state index < -0.39 is 0 Å². The first-order valence-corrected chi connectivity index (χ1v) is 8.01. The second kappa shape index (κ2) is 6.24. The van der Waals surface area contributed by atoms with E-state index in [-0.39, 0.29) is 11.7 Å². The van der Waals surface area contributed by atoms with Crippen LogP contribution in [0.15, 0.2) is 34.8 Å².